The Labute approximate surface area is 206 Å². The number of unbranched alkanes of at least 4 members (excludes halogenated alkanes) is 1. The summed E-state index contributed by atoms with van der Waals surface area (Å²) in [6, 6.07) is 10.3. The van der Waals surface area contributed by atoms with E-state index in [1.165, 1.54) is 12.1 Å². The minimum absolute atomic E-state index is 0.00537. The fraction of sp³-hybridized carbons (Fsp3) is 0.458. The van der Waals surface area contributed by atoms with E-state index in [1.54, 1.807) is 19.1 Å². The van der Waals surface area contributed by atoms with E-state index < -0.39 is 30.5 Å². The van der Waals surface area contributed by atoms with E-state index >= 15 is 0 Å². The largest absolute Gasteiger partial charge is 0.494 e. The lowest BCUT2D eigenvalue weighted by atomic mass is 10.2. The van der Waals surface area contributed by atoms with Crippen molar-refractivity contribution in [1.82, 2.24) is 0 Å². The fourth-order valence-corrected chi connectivity index (χ4v) is 2.57. The normalized spacial score (nSPS) is 12.8. The van der Waals surface area contributed by atoms with Crippen molar-refractivity contribution in [2.75, 3.05) is 26.4 Å². The van der Waals surface area contributed by atoms with Gasteiger partial charge >= 0.3 is 18.2 Å². The molecular formula is C24H27ClF4O6. The Balaban J connectivity index is 1.88. The summed E-state index contributed by atoms with van der Waals surface area (Å²) in [5.74, 6) is -0.787. The van der Waals surface area contributed by atoms with Crippen molar-refractivity contribution in [3.8, 4) is 17.2 Å². The SMILES string of the molecule is CCCCOCCOC(F)(F)C(F)(F)Oc1ccc(OC(=O)c2ccc(OCC(C)Cl)cc2)cc1. The number of ether oxygens (including phenoxy) is 5. The number of hydrogen-bond acceptors (Lipinski definition) is 6. The lowest BCUT2D eigenvalue weighted by Crippen LogP contribution is -2.47. The molecule has 1 unspecified atom stereocenters. The Morgan fingerprint density at radius 3 is 2.09 bits per heavy atom. The average molecular weight is 523 g/mol. The van der Waals surface area contributed by atoms with Crippen LogP contribution in [0.25, 0.3) is 0 Å². The first-order chi connectivity index (χ1) is 16.5. The summed E-state index contributed by atoms with van der Waals surface area (Å²) in [4.78, 5) is 12.3. The van der Waals surface area contributed by atoms with E-state index in [1.807, 2.05) is 6.92 Å². The molecule has 194 valence electrons. The van der Waals surface area contributed by atoms with Crippen LogP contribution >= 0.6 is 11.6 Å². The molecule has 0 aliphatic carbocycles. The second kappa shape index (κ2) is 13.5. The number of benzene rings is 2. The third kappa shape index (κ3) is 9.54. The summed E-state index contributed by atoms with van der Waals surface area (Å²) in [7, 11) is 0. The molecule has 11 heteroatoms. The van der Waals surface area contributed by atoms with Crippen molar-refractivity contribution in [1.29, 1.82) is 0 Å². The van der Waals surface area contributed by atoms with E-state index in [2.05, 4.69) is 9.47 Å². The van der Waals surface area contributed by atoms with Crippen LogP contribution in [0.2, 0.25) is 0 Å². The van der Waals surface area contributed by atoms with E-state index in [0.717, 1.165) is 37.1 Å². The van der Waals surface area contributed by atoms with Gasteiger partial charge < -0.3 is 23.7 Å². The van der Waals surface area contributed by atoms with Crippen LogP contribution in [0.15, 0.2) is 48.5 Å². The molecule has 0 radical (unpaired) electrons. The zero-order valence-electron chi connectivity index (χ0n) is 19.3. The maximum Gasteiger partial charge on any atom is 0.494 e. The average Bonchev–Trinajstić information content (AvgIpc) is 2.81. The van der Waals surface area contributed by atoms with Gasteiger partial charge in [-0.15, -0.1) is 11.6 Å². The molecular weight excluding hydrogens is 496 g/mol. The Kier molecular flexibility index (Phi) is 11.1. The summed E-state index contributed by atoms with van der Waals surface area (Å²) >= 11 is 5.81. The summed E-state index contributed by atoms with van der Waals surface area (Å²) in [5, 5.41) is -0.180. The minimum atomic E-state index is -4.94. The van der Waals surface area contributed by atoms with Gasteiger partial charge in [-0.25, -0.2) is 4.79 Å². The third-order valence-electron chi connectivity index (χ3n) is 4.34. The molecule has 0 saturated heterocycles. The molecule has 0 aromatic heterocycles. The van der Waals surface area contributed by atoms with Gasteiger partial charge in [-0.2, -0.15) is 17.6 Å². The molecule has 2 aromatic rings. The first-order valence-electron chi connectivity index (χ1n) is 10.9. The summed E-state index contributed by atoms with van der Waals surface area (Å²) in [6.45, 7) is 3.32. The van der Waals surface area contributed by atoms with Gasteiger partial charge in [0.2, 0.25) is 0 Å². The van der Waals surface area contributed by atoms with Gasteiger partial charge in [0.05, 0.1) is 24.2 Å². The topological polar surface area (TPSA) is 63.2 Å². The molecule has 0 spiro atoms. The van der Waals surface area contributed by atoms with Crippen LogP contribution in [0.5, 0.6) is 17.2 Å². The molecule has 0 N–H and O–H groups in total. The van der Waals surface area contributed by atoms with Crippen LogP contribution in [0.1, 0.15) is 37.0 Å². The lowest BCUT2D eigenvalue weighted by Gasteiger charge is -2.26. The summed E-state index contributed by atoms with van der Waals surface area (Å²) in [6.07, 6.45) is -8.27. The molecule has 1 atom stereocenters. The van der Waals surface area contributed by atoms with Gasteiger partial charge in [0.15, 0.2) is 0 Å². The molecule has 6 nitrogen and oxygen atoms in total. The number of carbonyl (C=O) groups excluding carboxylic acids is 1. The van der Waals surface area contributed by atoms with E-state index in [4.69, 9.17) is 25.8 Å². The quantitative estimate of drug-likeness (QED) is 0.0898. The maximum atomic E-state index is 13.9. The molecule has 0 amide bonds. The molecule has 0 saturated carbocycles. The molecule has 2 rings (SSSR count). The van der Waals surface area contributed by atoms with Crippen LogP contribution in [0.4, 0.5) is 17.6 Å². The van der Waals surface area contributed by atoms with Gasteiger partial charge in [-0.3, -0.25) is 0 Å². The first kappa shape index (κ1) is 28.7. The van der Waals surface area contributed by atoms with Crippen LogP contribution in [-0.2, 0) is 9.47 Å². The van der Waals surface area contributed by atoms with Gasteiger partial charge in [-0.1, -0.05) is 13.3 Å². The number of hydrogen-bond donors (Lipinski definition) is 0. The van der Waals surface area contributed by atoms with Crippen molar-refractivity contribution < 1.29 is 46.0 Å². The Morgan fingerprint density at radius 1 is 0.886 bits per heavy atom. The van der Waals surface area contributed by atoms with E-state index in [9.17, 15) is 22.4 Å². The minimum Gasteiger partial charge on any atom is -0.492 e. The zero-order chi connectivity index (χ0) is 25.9. The van der Waals surface area contributed by atoms with Crippen molar-refractivity contribution in [2.45, 2.75) is 44.3 Å². The predicted octanol–water partition coefficient (Wildman–Crippen LogP) is 6.31. The highest BCUT2D eigenvalue weighted by atomic mass is 35.5. The van der Waals surface area contributed by atoms with E-state index in [0.29, 0.717) is 19.0 Å². The highest BCUT2D eigenvalue weighted by molar-refractivity contribution is 6.20. The molecule has 2 aromatic carbocycles. The Hall–Kier alpha value is -2.56. The zero-order valence-corrected chi connectivity index (χ0v) is 20.0. The molecule has 0 aliphatic heterocycles. The van der Waals surface area contributed by atoms with Gasteiger partial charge in [0.1, 0.15) is 23.9 Å². The number of esters is 1. The van der Waals surface area contributed by atoms with Crippen molar-refractivity contribution in [3.05, 3.63) is 54.1 Å². The van der Waals surface area contributed by atoms with Gasteiger partial charge in [-0.05, 0) is 61.9 Å². The van der Waals surface area contributed by atoms with Crippen LogP contribution in [0.3, 0.4) is 0 Å². The highest BCUT2D eigenvalue weighted by Crippen LogP contribution is 2.37. The van der Waals surface area contributed by atoms with E-state index in [-0.39, 0.29) is 23.3 Å². The number of halogens is 5. The lowest BCUT2D eigenvalue weighted by molar-refractivity contribution is -0.408. The monoisotopic (exact) mass is 522 g/mol. The standard InChI is InChI=1S/C24H27ClF4O6/c1-3-4-13-31-14-15-33-23(26,27)24(28,29)35-21-11-9-20(10-12-21)34-22(30)18-5-7-19(8-6-18)32-16-17(2)25/h5-12,17H,3-4,13-16H2,1-2H3. The van der Waals surface area contributed by atoms with Crippen molar-refractivity contribution in [2.24, 2.45) is 0 Å². The molecule has 0 bridgehead atoms. The van der Waals surface area contributed by atoms with Crippen molar-refractivity contribution in [3.63, 3.8) is 0 Å². The second-order valence-electron chi connectivity index (χ2n) is 7.43. The third-order valence-corrected chi connectivity index (χ3v) is 4.47. The molecule has 0 heterocycles. The smallest absolute Gasteiger partial charge is 0.492 e. The molecule has 0 fully saturated rings. The fourth-order valence-electron chi connectivity index (χ4n) is 2.51. The van der Waals surface area contributed by atoms with Crippen LogP contribution in [-0.4, -0.2) is 50.0 Å². The maximum absolute atomic E-state index is 13.9. The highest BCUT2D eigenvalue weighted by Gasteiger charge is 2.61. The first-order valence-corrected chi connectivity index (χ1v) is 11.3. The number of alkyl halides is 5. The Bertz CT molecular complexity index is 907. The van der Waals surface area contributed by atoms with Gasteiger partial charge in [0.25, 0.3) is 0 Å². The predicted molar refractivity (Wildman–Crippen MR) is 121 cm³/mol. The molecule has 35 heavy (non-hydrogen) atoms. The van der Waals surface area contributed by atoms with Crippen LogP contribution < -0.4 is 14.2 Å². The molecule has 0 aliphatic rings. The van der Waals surface area contributed by atoms with Crippen molar-refractivity contribution >= 4 is 17.6 Å². The summed E-state index contributed by atoms with van der Waals surface area (Å²) in [5.41, 5.74) is 0.207. The second-order valence-corrected chi connectivity index (χ2v) is 8.17. The Morgan fingerprint density at radius 2 is 1.49 bits per heavy atom. The van der Waals surface area contributed by atoms with Gasteiger partial charge in [0, 0.05) is 6.61 Å². The number of carbonyl (C=O) groups is 1. The number of rotatable bonds is 15. The summed E-state index contributed by atoms with van der Waals surface area (Å²) < 4.78 is 79.1. The van der Waals surface area contributed by atoms with Crippen LogP contribution in [0, 0.1) is 0 Å².